The van der Waals surface area contributed by atoms with Gasteiger partial charge in [-0.2, -0.15) is 0 Å². The van der Waals surface area contributed by atoms with Gasteiger partial charge in [0.2, 0.25) is 0 Å². The number of fused-ring (bicyclic) bond motifs is 1. The van der Waals surface area contributed by atoms with Gasteiger partial charge in [0.15, 0.2) is 6.61 Å². The highest BCUT2D eigenvalue weighted by molar-refractivity contribution is 7.92. The van der Waals surface area contributed by atoms with Crippen molar-refractivity contribution in [1.29, 1.82) is 0 Å². The Morgan fingerprint density at radius 2 is 1.67 bits per heavy atom. The van der Waals surface area contributed by atoms with E-state index in [2.05, 4.69) is 10.0 Å². The molecule has 2 aromatic carbocycles. The van der Waals surface area contributed by atoms with Crippen molar-refractivity contribution in [3.63, 3.8) is 0 Å². The highest BCUT2D eigenvalue weighted by Crippen LogP contribution is 2.38. The van der Waals surface area contributed by atoms with Gasteiger partial charge in [0.1, 0.15) is 5.00 Å². The maximum absolute atomic E-state index is 12.9. The first-order valence-corrected chi connectivity index (χ1v) is 14.9. The van der Waals surface area contributed by atoms with E-state index in [1.165, 1.54) is 29.5 Å². The summed E-state index contributed by atoms with van der Waals surface area (Å²) in [5.74, 6) is -1.95. The first kappa shape index (κ1) is 28.3. The predicted octanol–water partition coefficient (Wildman–Crippen LogP) is 5.02. The number of hydrogen-bond donors (Lipinski definition) is 2. The number of nitrogens with one attached hydrogen (secondary N) is 2. The first-order valence-electron chi connectivity index (χ1n) is 12.6. The summed E-state index contributed by atoms with van der Waals surface area (Å²) in [5.41, 5.74) is 3.16. The average molecular weight is 571 g/mol. The van der Waals surface area contributed by atoms with Gasteiger partial charge in [-0.25, -0.2) is 18.0 Å². The Bertz CT molecular complexity index is 1510. The predicted molar refractivity (Wildman–Crippen MR) is 149 cm³/mol. The quantitative estimate of drug-likeness (QED) is 0.346. The molecule has 0 aliphatic heterocycles. The Kier molecular flexibility index (Phi) is 8.71. The zero-order valence-electron chi connectivity index (χ0n) is 22.0. The number of esters is 2. The van der Waals surface area contributed by atoms with Crippen molar-refractivity contribution in [2.45, 2.75) is 51.3 Å². The highest BCUT2D eigenvalue weighted by atomic mass is 32.2. The number of benzene rings is 2. The topological polar surface area (TPSA) is 128 Å². The molecule has 0 fully saturated rings. The summed E-state index contributed by atoms with van der Waals surface area (Å²) in [6, 6.07) is 11.0. The minimum atomic E-state index is -3.97. The second-order valence-electron chi connectivity index (χ2n) is 9.21. The van der Waals surface area contributed by atoms with E-state index in [4.69, 9.17) is 9.47 Å². The van der Waals surface area contributed by atoms with Crippen molar-refractivity contribution in [2.24, 2.45) is 0 Å². The molecule has 4 rings (SSSR count). The third-order valence-electron chi connectivity index (χ3n) is 6.28. The number of sulfonamides is 1. The number of thiophene rings is 1. The average Bonchev–Trinajstić information content (AvgIpc) is 3.26. The third-order valence-corrected chi connectivity index (χ3v) is 8.87. The van der Waals surface area contributed by atoms with E-state index in [9.17, 15) is 22.8 Å². The molecule has 0 radical (unpaired) electrons. The minimum absolute atomic E-state index is 0.0216. The van der Waals surface area contributed by atoms with E-state index in [1.807, 2.05) is 6.92 Å². The van der Waals surface area contributed by atoms with Crippen LogP contribution >= 0.6 is 11.3 Å². The maximum Gasteiger partial charge on any atom is 0.341 e. The highest BCUT2D eigenvalue weighted by Gasteiger charge is 2.27. The number of hydrogen-bond acceptors (Lipinski definition) is 8. The zero-order chi connectivity index (χ0) is 28.2. The van der Waals surface area contributed by atoms with E-state index in [0.29, 0.717) is 21.8 Å². The van der Waals surface area contributed by atoms with Gasteiger partial charge in [-0.1, -0.05) is 23.8 Å². The van der Waals surface area contributed by atoms with Gasteiger partial charge in [-0.05, 0) is 81.8 Å². The summed E-state index contributed by atoms with van der Waals surface area (Å²) in [6.07, 6.45) is 3.53. The van der Waals surface area contributed by atoms with Crippen LogP contribution in [0.1, 0.15) is 62.0 Å². The Morgan fingerprint density at radius 3 is 2.38 bits per heavy atom. The molecule has 1 aliphatic rings. The Morgan fingerprint density at radius 1 is 0.949 bits per heavy atom. The zero-order valence-corrected chi connectivity index (χ0v) is 23.6. The molecule has 1 heterocycles. The van der Waals surface area contributed by atoms with E-state index < -0.39 is 34.5 Å². The first-order chi connectivity index (χ1) is 18.6. The van der Waals surface area contributed by atoms with Crippen LogP contribution in [0, 0.1) is 13.8 Å². The van der Waals surface area contributed by atoms with Crippen molar-refractivity contribution in [3.05, 3.63) is 75.2 Å². The third kappa shape index (κ3) is 6.66. The molecule has 0 saturated heterocycles. The molecule has 2 N–H and O–H groups in total. The summed E-state index contributed by atoms with van der Waals surface area (Å²) in [4.78, 5) is 39.1. The van der Waals surface area contributed by atoms with Crippen molar-refractivity contribution >= 4 is 49.9 Å². The number of amides is 1. The van der Waals surface area contributed by atoms with Crippen LogP contribution < -0.4 is 10.0 Å². The fourth-order valence-electron chi connectivity index (χ4n) is 4.27. The van der Waals surface area contributed by atoms with Crippen molar-refractivity contribution in [2.75, 3.05) is 23.3 Å². The van der Waals surface area contributed by atoms with Crippen LogP contribution in [0.3, 0.4) is 0 Å². The summed E-state index contributed by atoms with van der Waals surface area (Å²) >= 11 is 1.34. The molecular formula is C28H30N2O7S2. The van der Waals surface area contributed by atoms with E-state index >= 15 is 0 Å². The Balaban J connectivity index is 1.45. The monoisotopic (exact) mass is 570 g/mol. The summed E-state index contributed by atoms with van der Waals surface area (Å²) in [5, 5.41) is 3.07. The van der Waals surface area contributed by atoms with Gasteiger partial charge in [0.25, 0.3) is 15.9 Å². The number of rotatable bonds is 9. The van der Waals surface area contributed by atoms with Gasteiger partial charge >= 0.3 is 11.9 Å². The lowest BCUT2D eigenvalue weighted by Gasteiger charge is -2.13. The normalized spacial score (nSPS) is 12.8. The van der Waals surface area contributed by atoms with E-state index in [1.54, 1.807) is 38.1 Å². The Hall–Kier alpha value is -3.70. The molecule has 0 unspecified atom stereocenters. The molecule has 0 bridgehead atoms. The second kappa shape index (κ2) is 12.0. The lowest BCUT2D eigenvalue weighted by atomic mass is 9.95. The van der Waals surface area contributed by atoms with Crippen molar-refractivity contribution < 1.29 is 32.3 Å². The van der Waals surface area contributed by atoms with Crippen LogP contribution in [-0.4, -0.2) is 39.5 Å². The van der Waals surface area contributed by atoms with Gasteiger partial charge < -0.3 is 14.8 Å². The molecule has 0 spiro atoms. The van der Waals surface area contributed by atoms with Crippen LogP contribution in [0.4, 0.5) is 10.7 Å². The number of ether oxygens (including phenoxy) is 2. The number of carbonyl (C=O) groups is 3. The van der Waals surface area contributed by atoms with Crippen LogP contribution in [0.15, 0.2) is 47.4 Å². The van der Waals surface area contributed by atoms with Gasteiger partial charge in [0.05, 0.1) is 22.6 Å². The second-order valence-corrected chi connectivity index (χ2v) is 12.0. The SMILES string of the molecule is CCOC(=O)c1c(NC(=O)COC(=O)c2cc(S(=O)(=O)Nc3ccc(C)cc3)ccc2C)sc2c1CCCC2. The molecule has 3 aromatic rings. The minimum Gasteiger partial charge on any atom is -0.462 e. The van der Waals surface area contributed by atoms with Crippen LogP contribution in [0.2, 0.25) is 0 Å². The van der Waals surface area contributed by atoms with Crippen LogP contribution in [0.5, 0.6) is 0 Å². The Labute approximate surface area is 231 Å². The summed E-state index contributed by atoms with van der Waals surface area (Å²) in [6.45, 7) is 4.85. The van der Waals surface area contributed by atoms with Gasteiger partial charge in [0, 0.05) is 10.6 Å². The fraction of sp³-hybridized carbons (Fsp3) is 0.321. The number of anilines is 2. The number of aryl methyl sites for hydroxylation is 3. The molecule has 1 aromatic heterocycles. The standard InChI is InChI=1S/C28H30N2O7S2/c1-4-36-28(33)25-21-7-5-6-8-23(21)38-26(25)29-24(31)16-37-27(32)22-15-20(14-11-18(22)3)39(34,35)30-19-12-9-17(2)10-13-19/h9-15,30H,4-8,16H2,1-3H3,(H,29,31). The molecule has 11 heteroatoms. The molecule has 9 nitrogen and oxygen atoms in total. The molecule has 0 saturated carbocycles. The smallest absolute Gasteiger partial charge is 0.341 e. The maximum atomic E-state index is 12.9. The molecule has 206 valence electrons. The largest absolute Gasteiger partial charge is 0.462 e. The lowest BCUT2D eigenvalue weighted by Crippen LogP contribution is -2.22. The van der Waals surface area contributed by atoms with Gasteiger partial charge in [-0.3, -0.25) is 9.52 Å². The fourth-order valence-corrected chi connectivity index (χ4v) is 6.65. The van der Waals surface area contributed by atoms with E-state index in [-0.39, 0.29) is 17.1 Å². The molecule has 0 atom stereocenters. The van der Waals surface area contributed by atoms with E-state index in [0.717, 1.165) is 41.7 Å². The number of carbonyl (C=O) groups excluding carboxylic acids is 3. The van der Waals surface area contributed by atoms with Gasteiger partial charge in [-0.15, -0.1) is 11.3 Å². The molecular weight excluding hydrogens is 540 g/mol. The lowest BCUT2D eigenvalue weighted by molar-refractivity contribution is -0.119. The van der Waals surface area contributed by atoms with Crippen molar-refractivity contribution in [3.8, 4) is 0 Å². The summed E-state index contributed by atoms with van der Waals surface area (Å²) < 4.78 is 38.7. The molecule has 1 aliphatic carbocycles. The van der Waals surface area contributed by atoms with Crippen molar-refractivity contribution in [1.82, 2.24) is 0 Å². The molecule has 1 amide bonds. The van der Waals surface area contributed by atoms with Crippen LogP contribution in [-0.2, 0) is 37.1 Å². The molecule has 39 heavy (non-hydrogen) atoms. The van der Waals surface area contributed by atoms with Crippen LogP contribution in [0.25, 0.3) is 0 Å². The summed E-state index contributed by atoms with van der Waals surface area (Å²) in [7, 11) is -3.97.